The molecular formula is C18H28Cl2N6O3. The highest BCUT2D eigenvalue weighted by molar-refractivity contribution is 5.94. The quantitative estimate of drug-likeness (QED) is 0.615. The van der Waals surface area contributed by atoms with Crippen LogP contribution in [0.1, 0.15) is 22.1 Å². The van der Waals surface area contributed by atoms with Crippen molar-refractivity contribution in [3.63, 3.8) is 0 Å². The van der Waals surface area contributed by atoms with Gasteiger partial charge in [0.2, 0.25) is 5.89 Å². The van der Waals surface area contributed by atoms with Crippen LogP contribution in [0.4, 0.5) is 0 Å². The fourth-order valence-electron chi connectivity index (χ4n) is 2.98. The molecule has 0 aliphatic carbocycles. The molecule has 162 valence electrons. The minimum absolute atomic E-state index is 0. The Balaban J connectivity index is 0.00000210. The molecule has 1 fully saturated rings. The molecule has 1 aliphatic heterocycles. The van der Waals surface area contributed by atoms with E-state index in [-0.39, 0.29) is 37.3 Å². The lowest BCUT2D eigenvalue weighted by atomic mass is 10.2. The van der Waals surface area contributed by atoms with Crippen LogP contribution in [0.15, 0.2) is 28.8 Å². The molecule has 2 aromatic rings. The summed E-state index contributed by atoms with van der Waals surface area (Å²) < 4.78 is 10.1. The van der Waals surface area contributed by atoms with Crippen molar-refractivity contribution in [1.29, 1.82) is 0 Å². The van der Waals surface area contributed by atoms with Crippen LogP contribution in [0.3, 0.4) is 0 Å². The largest absolute Gasteiger partial charge is 0.497 e. The summed E-state index contributed by atoms with van der Waals surface area (Å²) in [6.07, 6.45) is 0. The van der Waals surface area contributed by atoms with Gasteiger partial charge in [0.1, 0.15) is 5.75 Å². The number of piperazine rings is 1. The molecule has 1 saturated heterocycles. The third-order valence-electron chi connectivity index (χ3n) is 4.58. The zero-order valence-corrected chi connectivity index (χ0v) is 18.0. The highest BCUT2D eigenvalue weighted by atomic mass is 35.5. The van der Waals surface area contributed by atoms with Crippen molar-refractivity contribution in [3.05, 3.63) is 41.5 Å². The molecule has 0 unspecified atom stereocenters. The lowest BCUT2D eigenvalue weighted by Gasteiger charge is -2.33. The van der Waals surface area contributed by atoms with Crippen LogP contribution >= 0.6 is 24.8 Å². The maximum absolute atomic E-state index is 12.2. The number of amides is 1. The molecular weight excluding hydrogens is 419 g/mol. The second-order valence-corrected chi connectivity index (χ2v) is 6.41. The van der Waals surface area contributed by atoms with E-state index < -0.39 is 0 Å². The molecule has 9 nitrogen and oxygen atoms in total. The Morgan fingerprint density at radius 2 is 1.83 bits per heavy atom. The minimum atomic E-state index is -0.0656. The molecule has 1 aromatic carbocycles. The van der Waals surface area contributed by atoms with Crippen LogP contribution in [-0.2, 0) is 13.1 Å². The fraction of sp³-hybridized carbons (Fsp3) is 0.500. The topological polar surface area (TPSA) is 110 Å². The van der Waals surface area contributed by atoms with Gasteiger partial charge >= 0.3 is 0 Å². The number of nitrogens with two attached hydrogens (primary N) is 1. The average molecular weight is 447 g/mol. The molecule has 1 aliphatic rings. The van der Waals surface area contributed by atoms with Crippen LogP contribution in [-0.4, -0.2) is 72.2 Å². The van der Waals surface area contributed by atoms with Crippen LogP contribution in [0.5, 0.6) is 5.75 Å². The monoisotopic (exact) mass is 446 g/mol. The van der Waals surface area contributed by atoms with Crippen molar-refractivity contribution in [2.45, 2.75) is 13.1 Å². The number of hydrogen-bond acceptors (Lipinski definition) is 8. The van der Waals surface area contributed by atoms with E-state index in [4.69, 9.17) is 15.0 Å². The minimum Gasteiger partial charge on any atom is -0.497 e. The first-order chi connectivity index (χ1) is 13.2. The molecule has 2 heterocycles. The molecule has 0 spiro atoms. The van der Waals surface area contributed by atoms with Gasteiger partial charge in [0.25, 0.3) is 5.91 Å². The van der Waals surface area contributed by atoms with Gasteiger partial charge in [0.05, 0.1) is 20.2 Å². The van der Waals surface area contributed by atoms with E-state index in [0.717, 1.165) is 38.5 Å². The molecule has 0 radical (unpaired) electrons. The lowest BCUT2D eigenvalue weighted by Crippen LogP contribution is -2.48. The summed E-state index contributed by atoms with van der Waals surface area (Å²) in [5.41, 5.74) is 6.12. The van der Waals surface area contributed by atoms with Crippen molar-refractivity contribution in [2.75, 3.05) is 46.4 Å². The number of hydrogen-bond donors (Lipinski definition) is 2. The molecule has 0 saturated carbocycles. The van der Waals surface area contributed by atoms with Crippen molar-refractivity contribution < 1.29 is 14.1 Å². The predicted molar refractivity (Wildman–Crippen MR) is 114 cm³/mol. The molecule has 0 bridgehead atoms. The van der Waals surface area contributed by atoms with E-state index in [0.29, 0.717) is 30.4 Å². The Morgan fingerprint density at radius 1 is 1.17 bits per heavy atom. The van der Waals surface area contributed by atoms with E-state index in [1.165, 1.54) is 0 Å². The Hall–Kier alpha value is -1.91. The first-order valence-corrected chi connectivity index (χ1v) is 9.06. The van der Waals surface area contributed by atoms with Gasteiger partial charge in [-0.15, -0.1) is 24.8 Å². The van der Waals surface area contributed by atoms with Gasteiger partial charge in [-0.2, -0.15) is 4.98 Å². The Morgan fingerprint density at radius 3 is 2.41 bits per heavy atom. The third-order valence-corrected chi connectivity index (χ3v) is 4.58. The van der Waals surface area contributed by atoms with Crippen LogP contribution in [0.25, 0.3) is 0 Å². The van der Waals surface area contributed by atoms with Crippen molar-refractivity contribution >= 4 is 30.7 Å². The molecule has 0 atom stereocenters. The maximum Gasteiger partial charge on any atom is 0.251 e. The maximum atomic E-state index is 12.2. The van der Waals surface area contributed by atoms with E-state index in [1.54, 1.807) is 31.4 Å². The zero-order valence-electron chi connectivity index (χ0n) is 16.4. The van der Waals surface area contributed by atoms with Crippen molar-refractivity contribution in [2.24, 2.45) is 5.73 Å². The summed E-state index contributed by atoms with van der Waals surface area (Å²) in [5, 5.41) is 6.90. The number of methoxy groups -OCH3 is 1. The van der Waals surface area contributed by atoms with E-state index in [9.17, 15) is 4.79 Å². The van der Waals surface area contributed by atoms with Gasteiger partial charge in [0, 0.05) is 44.8 Å². The Kier molecular flexibility index (Phi) is 10.9. The SMILES string of the molecule is COc1ccc(C(=O)NCCN2CCN(Cc3noc(CN)n3)CC2)cc1.Cl.Cl. The number of benzene rings is 1. The lowest BCUT2D eigenvalue weighted by molar-refractivity contribution is 0.0933. The standard InChI is InChI=1S/C18H26N6O3.2ClH/c1-26-15-4-2-14(3-5-15)18(25)20-6-7-23-8-10-24(11-9-23)13-16-21-17(12-19)27-22-16;;/h2-5H,6-13,19H2,1H3,(H,20,25);2*1H. The second-order valence-electron chi connectivity index (χ2n) is 6.41. The van der Waals surface area contributed by atoms with Crippen LogP contribution in [0.2, 0.25) is 0 Å². The summed E-state index contributed by atoms with van der Waals surface area (Å²) in [6.45, 7) is 6.14. The smallest absolute Gasteiger partial charge is 0.251 e. The Labute approximate surface area is 182 Å². The summed E-state index contributed by atoms with van der Waals surface area (Å²) in [7, 11) is 1.61. The van der Waals surface area contributed by atoms with Gasteiger partial charge in [-0.05, 0) is 24.3 Å². The number of rotatable bonds is 8. The highest BCUT2D eigenvalue weighted by Crippen LogP contribution is 2.11. The van der Waals surface area contributed by atoms with Crippen LogP contribution < -0.4 is 15.8 Å². The van der Waals surface area contributed by atoms with Gasteiger partial charge < -0.3 is 20.3 Å². The number of ether oxygens (including phenoxy) is 1. The summed E-state index contributed by atoms with van der Waals surface area (Å²) in [4.78, 5) is 21.0. The van der Waals surface area contributed by atoms with Gasteiger partial charge in [-0.1, -0.05) is 5.16 Å². The fourth-order valence-corrected chi connectivity index (χ4v) is 2.98. The zero-order chi connectivity index (χ0) is 19.1. The summed E-state index contributed by atoms with van der Waals surface area (Å²) in [5.74, 6) is 1.82. The molecule has 1 aromatic heterocycles. The third kappa shape index (κ3) is 7.45. The molecule has 11 heteroatoms. The first-order valence-electron chi connectivity index (χ1n) is 9.06. The molecule has 3 N–H and O–H groups in total. The number of halogens is 2. The van der Waals surface area contributed by atoms with Gasteiger partial charge in [-0.25, -0.2) is 0 Å². The molecule has 1 amide bonds. The second kappa shape index (κ2) is 12.6. The molecule has 3 rings (SSSR count). The van der Waals surface area contributed by atoms with E-state index in [1.807, 2.05) is 0 Å². The number of nitrogens with zero attached hydrogens (tertiary/aromatic N) is 4. The van der Waals surface area contributed by atoms with Crippen LogP contribution in [0, 0.1) is 0 Å². The van der Waals surface area contributed by atoms with Crippen molar-refractivity contribution in [1.82, 2.24) is 25.3 Å². The van der Waals surface area contributed by atoms with E-state index in [2.05, 4.69) is 25.3 Å². The van der Waals surface area contributed by atoms with Crippen molar-refractivity contribution in [3.8, 4) is 5.75 Å². The molecule has 29 heavy (non-hydrogen) atoms. The Bertz CT molecular complexity index is 735. The average Bonchev–Trinajstić information content (AvgIpc) is 3.17. The number of carbonyl (C=O) groups is 1. The van der Waals surface area contributed by atoms with E-state index >= 15 is 0 Å². The first kappa shape index (κ1) is 25.1. The normalized spacial score (nSPS) is 14.6. The van der Waals surface area contributed by atoms with Gasteiger partial charge in [-0.3, -0.25) is 14.6 Å². The summed E-state index contributed by atoms with van der Waals surface area (Å²) >= 11 is 0. The number of nitrogens with one attached hydrogen (secondary N) is 1. The number of carbonyl (C=O) groups excluding carboxylic acids is 1. The highest BCUT2D eigenvalue weighted by Gasteiger charge is 2.18. The number of aromatic nitrogens is 2. The predicted octanol–water partition coefficient (Wildman–Crippen LogP) is 0.928. The summed E-state index contributed by atoms with van der Waals surface area (Å²) in [6, 6.07) is 7.10. The van der Waals surface area contributed by atoms with Gasteiger partial charge in [0.15, 0.2) is 5.82 Å².